The van der Waals surface area contributed by atoms with E-state index in [0.29, 0.717) is 11.2 Å². The van der Waals surface area contributed by atoms with Crippen molar-refractivity contribution < 1.29 is 22.2 Å². The molecule has 21 heavy (non-hydrogen) atoms. The molecule has 112 valence electrons. The monoisotopic (exact) mass is 314 g/mol. The molecule has 3 N–H and O–H groups in total. The zero-order valence-electron chi connectivity index (χ0n) is 10.6. The number of nitrogens with one attached hydrogen (secondary N) is 2. The number of halogens is 1. The standard InChI is InChI=1S/C12H11FN2O5S/c13-21(19,20)5-4-14-9-3-1-2-7-10(9)15-6-8(11(7)16)12(17)18/h1-3,6,14H,4-5H2,(H,15,16)(H,17,18). The van der Waals surface area contributed by atoms with Crippen molar-refractivity contribution in [2.45, 2.75) is 0 Å². The number of H-pyrrole nitrogens is 1. The van der Waals surface area contributed by atoms with Crippen LogP contribution in [0.15, 0.2) is 29.2 Å². The fraction of sp³-hybridized carbons (Fsp3) is 0.167. The molecule has 0 atom stereocenters. The molecule has 9 heteroatoms. The van der Waals surface area contributed by atoms with Gasteiger partial charge in [-0.3, -0.25) is 4.79 Å². The lowest BCUT2D eigenvalue weighted by Crippen LogP contribution is -2.17. The molecule has 0 radical (unpaired) electrons. The van der Waals surface area contributed by atoms with Gasteiger partial charge in [0.05, 0.1) is 17.0 Å². The lowest BCUT2D eigenvalue weighted by atomic mass is 10.1. The van der Waals surface area contributed by atoms with E-state index >= 15 is 0 Å². The number of anilines is 1. The summed E-state index contributed by atoms with van der Waals surface area (Å²) in [6.07, 6.45) is 1.06. The molecule has 0 unspecified atom stereocenters. The molecule has 0 aliphatic carbocycles. The summed E-state index contributed by atoms with van der Waals surface area (Å²) in [5.41, 5.74) is -0.349. The molecule has 0 fully saturated rings. The number of aromatic amines is 1. The second-order valence-corrected chi connectivity index (χ2v) is 5.72. The predicted octanol–water partition coefficient (Wildman–Crippen LogP) is 0.937. The number of hydrogen-bond donors (Lipinski definition) is 3. The minimum Gasteiger partial charge on any atom is -0.477 e. The van der Waals surface area contributed by atoms with Crippen LogP contribution in [0.2, 0.25) is 0 Å². The molecular formula is C12H11FN2O5S. The Labute approximate surface area is 118 Å². The first-order valence-corrected chi connectivity index (χ1v) is 7.39. The maximum atomic E-state index is 12.4. The first-order chi connectivity index (χ1) is 9.79. The van der Waals surface area contributed by atoms with Crippen LogP contribution in [0.1, 0.15) is 10.4 Å². The Morgan fingerprint density at radius 3 is 2.71 bits per heavy atom. The minimum absolute atomic E-state index is 0.142. The molecule has 1 aromatic carbocycles. The lowest BCUT2D eigenvalue weighted by molar-refractivity contribution is 0.0695. The Morgan fingerprint density at radius 1 is 1.38 bits per heavy atom. The maximum absolute atomic E-state index is 12.4. The van der Waals surface area contributed by atoms with Crippen LogP contribution < -0.4 is 10.7 Å². The molecule has 0 bridgehead atoms. The molecule has 0 saturated carbocycles. The molecule has 0 amide bonds. The van der Waals surface area contributed by atoms with Crippen molar-refractivity contribution >= 4 is 32.8 Å². The average molecular weight is 314 g/mol. The molecule has 7 nitrogen and oxygen atoms in total. The molecule has 1 heterocycles. The molecular weight excluding hydrogens is 303 g/mol. The molecule has 0 spiro atoms. The summed E-state index contributed by atoms with van der Waals surface area (Å²) in [5, 5.41) is 11.7. The molecule has 0 aliphatic heterocycles. The number of benzene rings is 1. The fourth-order valence-electron chi connectivity index (χ4n) is 1.87. The van der Waals surface area contributed by atoms with Gasteiger partial charge >= 0.3 is 16.2 Å². The van der Waals surface area contributed by atoms with Crippen molar-refractivity contribution in [1.29, 1.82) is 0 Å². The van der Waals surface area contributed by atoms with Crippen molar-refractivity contribution in [3.8, 4) is 0 Å². The van der Waals surface area contributed by atoms with Gasteiger partial charge in [-0.2, -0.15) is 8.42 Å². The van der Waals surface area contributed by atoms with E-state index in [0.717, 1.165) is 6.20 Å². The SMILES string of the molecule is O=C(O)c1c[nH]c2c(NCCS(=O)(=O)F)cccc2c1=O. The number of aromatic nitrogens is 1. The van der Waals surface area contributed by atoms with Gasteiger partial charge in [0.1, 0.15) is 5.56 Å². The zero-order valence-corrected chi connectivity index (χ0v) is 11.4. The number of hydrogen-bond acceptors (Lipinski definition) is 5. The smallest absolute Gasteiger partial charge is 0.341 e. The number of para-hydroxylation sites is 1. The van der Waals surface area contributed by atoms with Crippen LogP contribution >= 0.6 is 0 Å². The largest absolute Gasteiger partial charge is 0.477 e. The summed E-state index contributed by atoms with van der Waals surface area (Å²) >= 11 is 0. The van der Waals surface area contributed by atoms with Gasteiger partial charge in [0.15, 0.2) is 0 Å². The van der Waals surface area contributed by atoms with E-state index in [4.69, 9.17) is 5.11 Å². The number of aromatic carboxylic acids is 1. The van der Waals surface area contributed by atoms with Crippen molar-refractivity contribution in [2.24, 2.45) is 0 Å². The van der Waals surface area contributed by atoms with Crippen LogP contribution in [0.3, 0.4) is 0 Å². The summed E-state index contributed by atoms with van der Waals surface area (Å²) in [5.74, 6) is -2.05. The van der Waals surface area contributed by atoms with E-state index in [2.05, 4.69) is 10.3 Å². The van der Waals surface area contributed by atoms with Crippen LogP contribution in [0, 0.1) is 0 Å². The van der Waals surface area contributed by atoms with Gasteiger partial charge in [-0.25, -0.2) is 4.79 Å². The first-order valence-electron chi connectivity index (χ1n) is 5.83. The zero-order chi connectivity index (χ0) is 15.6. The summed E-state index contributed by atoms with van der Waals surface area (Å²) in [7, 11) is -4.59. The maximum Gasteiger partial charge on any atom is 0.341 e. The molecule has 2 rings (SSSR count). The van der Waals surface area contributed by atoms with Gasteiger partial charge in [-0.1, -0.05) is 6.07 Å². The number of carboxylic acid groups (broad SMARTS) is 1. The van der Waals surface area contributed by atoms with E-state index in [1.54, 1.807) is 6.07 Å². The minimum atomic E-state index is -4.59. The summed E-state index contributed by atoms with van der Waals surface area (Å²) < 4.78 is 33.3. The first kappa shape index (κ1) is 15.0. The van der Waals surface area contributed by atoms with Crippen LogP contribution in [-0.4, -0.2) is 36.8 Å². The number of fused-ring (bicyclic) bond motifs is 1. The third-order valence-corrected chi connectivity index (χ3v) is 3.50. The fourth-order valence-corrected chi connectivity index (χ4v) is 2.21. The van der Waals surface area contributed by atoms with E-state index in [9.17, 15) is 21.9 Å². The highest BCUT2D eigenvalue weighted by Gasteiger charge is 2.13. The summed E-state index contributed by atoms with van der Waals surface area (Å²) in [4.78, 5) is 25.5. The Bertz CT molecular complexity index is 860. The number of pyridine rings is 1. The Kier molecular flexibility index (Phi) is 3.94. The van der Waals surface area contributed by atoms with Gasteiger partial charge in [-0.15, -0.1) is 3.89 Å². The second kappa shape index (κ2) is 5.52. The van der Waals surface area contributed by atoms with Crippen molar-refractivity contribution in [2.75, 3.05) is 17.6 Å². The Balaban J connectivity index is 2.41. The number of carbonyl (C=O) groups is 1. The van der Waals surface area contributed by atoms with Crippen molar-refractivity contribution in [3.05, 3.63) is 40.2 Å². The third kappa shape index (κ3) is 3.37. The van der Waals surface area contributed by atoms with Gasteiger partial charge in [0.25, 0.3) is 0 Å². The highest BCUT2D eigenvalue weighted by molar-refractivity contribution is 7.86. The third-order valence-electron chi connectivity index (χ3n) is 2.81. The highest BCUT2D eigenvalue weighted by Crippen LogP contribution is 2.19. The van der Waals surface area contributed by atoms with E-state index in [1.165, 1.54) is 12.1 Å². The van der Waals surface area contributed by atoms with E-state index < -0.39 is 32.9 Å². The molecule has 2 aromatic rings. The topological polar surface area (TPSA) is 116 Å². The van der Waals surface area contributed by atoms with Gasteiger partial charge in [0, 0.05) is 18.1 Å². The van der Waals surface area contributed by atoms with E-state index in [-0.39, 0.29) is 11.9 Å². The number of carboxylic acids is 1. The Morgan fingerprint density at radius 2 is 2.10 bits per heavy atom. The Hall–Kier alpha value is -2.42. The van der Waals surface area contributed by atoms with Gasteiger partial charge < -0.3 is 15.4 Å². The predicted molar refractivity (Wildman–Crippen MR) is 74.9 cm³/mol. The highest BCUT2D eigenvalue weighted by atomic mass is 32.3. The molecule has 0 saturated heterocycles. The van der Waals surface area contributed by atoms with Crippen LogP contribution in [0.25, 0.3) is 10.9 Å². The molecule has 1 aromatic heterocycles. The van der Waals surface area contributed by atoms with Gasteiger partial charge in [-0.05, 0) is 12.1 Å². The normalized spacial score (nSPS) is 11.5. The van der Waals surface area contributed by atoms with Crippen LogP contribution in [0.4, 0.5) is 9.57 Å². The second-order valence-electron chi connectivity index (χ2n) is 4.23. The van der Waals surface area contributed by atoms with E-state index in [1.807, 2.05) is 0 Å². The van der Waals surface area contributed by atoms with Crippen molar-refractivity contribution in [3.63, 3.8) is 0 Å². The van der Waals surface area contributed by atoms with Crippen LogP contribution in [-0.2, 0) is 10.2 Å². The van der Waals surface area contributed by atoms with Gasteiger partial charge in [0.2, 0.25) is 5.43 Å². The molecule has 0 aliphatic rings. The van der Waals surface area contributed by atoms with Crippen LogP contribution in [0.5, 0.6) is 0 Å². The van der Waals surface area contributed by atoms with Crippen molar-refractivity contribution in [1.82, 2.24) is 4.98 Å². The lowest BCUT2D eigenvalue weighted by Gasteiger charge is -2.08. The average Bonchev–Trinajstić information content (AvgIpc) is 2.38. The summed E-state index contributed by atoms with van der Waals surface area (Å²) in [6.45, 7) is -0.180. The number of rotatable bonds is 5. The quantitative estimate of drug-likeness (QED) is 0.707. The summed E-state index contributed by atoms with van der Waals surface area (Å²) in [6, 6.07) is 4.51.